The van der Waals surface area contributed by atoms with Crippen LogP contribution in [0.1, 0.15) is 16.8 Å². The van der Waals surface area contributed by atoms with Gasteiger partial charge >= 0.3 is 0 Å². The van der Waals surface area contributed by atoms with Crippen LogP contribution in [0.2, 0.25) is 5.02 Å². The van der Waals surface area contributed by atoms with Crippen LogP contribution in [0.25, 0.3) is 0 Å². The second-order valence-corrected chi connectivity index (χ2v) is 4.39. The van der Waals surface area contributed by atoms with Gasteiger partial charge in [0.1, 0.15) is 5.75 Å². The van der Waals surface area contributed by atoms with Crippen LogP contribution in [0.3, 0.4) is 0 Å². The molecule has 0 spiro atoms. The van der Waals surface area contributed by atoms with Gasteiger partial charge in [0.05, 0.1) is 5.69 Å². The van der Waals surface area contributed by atoms with Crippen molar-refractivity contribution in [3.63, 3.8) is 0 Å². The Bertz CT molecular complexity index is 572. The van der Waals surface area contributed by atoms with Gasteiger partial charge in [-0.2, -0.15) is 5.10 Å². The van der Waals surface area contributed by atoms with Gasteiger partial charge in [-0.05, 0) is 37.6 Å². The quantitative estimate of drug-likeness (QED) is 0.925. The van der Waals surface area contributed by atoms with E-state index in [1.165, 1.54) is 0 Å². The average molecular weight is 264 g/mol. The first-order valence-corrected chi connectivity index (χ1v) is 5.96. The maximum Gasteiger partial charge on any atom is 0.243 e. The molecule has 0 atom stereocenters. The van der Waals surface area contributed by atoms with E-state index in [9.17, 15) is 0 Å². The Kier molecular flexibility index (Phi) is 3.79. The minimum Gasteiger partial charge on any atom is -0.437 e. The number of rotatable bonds is 3. The molecule has 1 aromatic heterocycles. The molecule has 2 N–H and O–H groups in total. The Morgan fingerprint density at radius 1 is 1.28 bits per heavy atom. The van der Waals surface area contributed by atoms with Crippen molar-refractivity contribution in [2.45, 2.75) is 20.4 Å². The van der Waals surface area contributed by atoms with Crippen LogP contribution < -0.4 is 10.5 Å². The number of hydrogen-bond acceptors (Lipinski definition) is 4. The van der Waals surface area contributed by atoms with E-state index in [0.29, 0.717) is 23.2 Å². The molecule has 5 heteroatoms. The van der Waals surface area contributed by atoms with E-state index in [1.807, 2.05) is 26.0 Å². The molecule has 0 saturated heterocycles. The molecule has 2 aromatic rings. The predicted octanol–water partition coefficient (Wildman–Crippen LogP) is 3.00. The van der Waals surface area contributed by atoms with Crippen LogP contribution in [0.4, 0.5) is 0 Å². The molecule has 0 radical (unpaired) electrons. The van der Waals surface area contributed by atoms with E-state index in [1.54, 1.807) is 12.1 Å². The first kappa shape index (κ1) is 12.8. The number of halogens is 1. The summed E-state index contributed by atoms with van der Waals surface area (Å²) in [7, 11) is 0. The monoisotopic (exact) mass is 263 g/mol. The summed E-state index contributed by atoms with van der Waals surface area (Å²) in [5.41, 5.74) is 8.45. The molecule has 0 bridgehead atoms. The van der Waals surface area contributed by atoms with Crippen molar-refractivity contribution in [2.75, 3.05) is 0 Å². The van der Waals surface area contributed by atoms with Gasteiger partial charge in [-0.1, -0.05) is 17.7 Å². The van der Waals surface area contributed by atoms with Gasteiger partial charge in [-0.15, -0.1) is 5.10 Å². The third-order valence-corrected chi connectivity index (χ3v) is 2.99. The van der Waals surface area contributed by atoms with Crippen molar-refractivity contribution in [2.24, 2.45) is 5.73 Å². The molecule has 0 fully saturated rings. The summed E-state index contributed by atoms with van der Waals surface area (Å²) in [6, 6.07) is 7.13. The summed E-state index contributed by atoms with van der Waals surface area (Å²) in [4.78, 5) is 0. The largest absolute Gasteiger partial charge is 0.437 e. The molecule has 0 saturated carbocycles. The zero-order valence-corrected chi connectivity index (χ0v) is 11.0. The normalized spacial score (nSPS) is 10.4. The summed E-state index contributed by atoms with van der Waals surface area (Å²) in [6.45, 7) is 4.21. The smallest absolute Gasteiger partial charge is 0.243 e. The van der Waals surface area contributed by atoms with E-state index in [2.05, 4.69) is 10.2 Å². The van der Waals surface area contributed by atoms with Crippen molar-refractivity contribution >= 4 is 11.6 Å². The SMILES string of the molecule is Cc1nnc(Oc2cccc(Cl)c2)c(CN)c1C. The van der Waals surface area contributed by atoms with E-state index in [4.69, 9.17) is 22.1 Å². The molecule has 4 nitrogen and oxygen atoms in total. The highest BCUT2D eigenvalue weighted by Gasteiger charge is 2.11. The molecule has 18 heavy (non-hydrogen) atoms. The summed E-state index contributed by atoms with van der Waals surface area (Å²) in [5, 5.41) is 8.69. The zero-order valence-electron chi connectivity index (χ0n) is 10.3. The fraction of sp³-hybridized carbons (Fsp3) is 0.231. The number of ether oxygens (including phenoxy) is 1. The second kappa shape index (κ2) is 5.33. The second-order valence-electron chi connectivity index (χ2n) is 3.96. The molecule has 0 unspecified atom stereocenters. The van der Waals surface area contributed by atoms with Crippen molar-refractivity contribution in [3.8, 4) is 11.6 Å². The number of nitrogens with zero attached hydrogens (tertiary/aromatic N) is 2. The van der Waals surface area contributed by atoms with Crippen molar-refractivity contribution in [3.05, 3.63) is 46.1 Å². The number of aromatic nitrogens is 2. The maximum absolute atomic E-state index is 5.90. The lowest BCUT2D eigenvalue weighted by atomic mass is 10.1. The summed E-state index contributed by atoms with van der Waals surface area (Å²) in [6.07, 6.45) is 0. The van der Waals surface area contributed by atoms with Gasteiger partial charge in [0.15, 0.2) is 0 Å². The van der Waals surface area contributed by atoms with Gasteiger partial charge in [0.25, 0.3) is 0 Å². The van der Waals surface area contributed by atoms with Crippen molar-refractivity contribution in [1.82, 2.24) is 10.2 Å². The highest BCUT2D eigenvalue weighted by molar-refractivity contribution is 6.30. The molecule has 0 aliphatic heterocycles. The molecule has 1 heterocycles. The first-order chi connectivity index (χ1) is 8.61. The summed E-state index contributed by atoms with van der Waals surface area (Å²) >= 11 is 5.90. The summed E-state index contributed by atoms with van der Waals surface area (Å²) in [5.74, 6) is 1.05. The van der Waals surface area contributed by atoms with Gasteiger partial charge in [-0.3, -0.25) is 0 Å². The molecular formula is C13H14ClN3O. The summed E-state index contributed by atoms with van der Waals surface area (Å²) < 4.78 is 5.68. The highest BCUT2D eigenvalue weighted by atomic mass is 35.5. The first-order valence-electron chi connectivity index (χ1n) is 5.58. The Morgan fingerprint density at radius 3 is 2.72 bits per heavy atom. The van der Waals surface area contributed by atoms with E-state index >= 15 is 0 Å². The van der Waals surface area contributed by atoms with Crippen LogP contribution in [0.5, 0.6) is 11.6 Å². The van der Waals surface area contributed by atoms with Gasteiger partial charge in [0, 0.05) is 17.1 Å². The molecule has 0 aliphatic rings. The molecule has 0 aliphatic carbocycles. The maximum atomic E-state index is 5.90. The van der Waals surface area contributed by atoms with Gasteiger partial charge in [0.2, 0.25) is 5.88 Å². The Labute approximate surface area is 111 Å². The van der Waals surface area contributed by atoms with Crippen LogP contribution in [0, 0.1) is 13.8 Å². The fourth-order valence-corrected chi connectivity index (χ4v) is 1.78. The van der Waals surface area contributed by atoms with E-state index < -0.39 is 0 Å². The Hall–Kier alpha value is -1.65. The lowest BCUT2D eigenvalue weighted by Gasteiger charge is -2.11. The minimum absolute atomic E-state index is 0.359. The van der Waals surface area contributed by atoms with Crippen molar-refractivity contribution < 1.29 is 4.74 Å². The molecule has 94 valence electrons. The molecule has 2 rings (SSSR count). The van der Waals surface area contributed by atoms with Gasteiger partial charge in [-0.25, -0.2) is 0 Å². The standard InChI is InChI=1S/C13H14ClN3O/c1-8-9(2)16-17-13(12(8)7-15)18-11-5-3-4-10(14)6-11/h3-6H,7,15H2,1-2H3. The number of aryl methyl sites for hydroxylation is 1. The fourth-order valence-electron chi connectivity index (χ4n) is 1.60. The van der Waals surface area contributed by atoms with E-state index in [0.717, 1.165) is 16.8 Å². The third-order valence-electron chi connectivity index (χ3n) is 2.76. The molecule has 0 amide bonds. The van der Waals surface area contributed by atoms with Gasteiger partial charge < -0.3 is 10.5 Å². The lowest BCUT2D eigenvalue weighted by molar-refractivity contribution is 0.446. The number of hydrogen-bond donors (Lipinski definition) is 1. The third kappa shape index (κ3) is 2.60. The van der Waals surface area contributed by atoms with Crippen molar-refractivity contribution in [1.29, 1.82) is 0 Å². The highest BCUT2D eigenvalue weighted by Crippen LogP contribution is 2.27. The number of nitrogens with two attached hydrogens (primary N) is 1. The lowest BCUT2D eigenvalue weighted by Crippen LogP contribution is -2.07. The topological polar surface area (TPSA) is 61.0 Å². The molecule has 1 aromatic carbocycles. The minimum atomic E-state index is 0.359. The molecular weight excluding hydrogens is 250 g/mol. The Morgan fingerprint density at radius 2 is 2.06 bits per heavy atom. The van der Waals surface area contributed by atoms with Crippen LogP contribution in [-0.2, 0) is 6.54 Å². The number of benzene rings is 1. The zero-order chi connectivity index (χ0) is 13.1. The average Bonchev–Trinajstić information content (AvgIpc) is 2.34. The van der Waals surface area contributed by atoms with Crippen LogP contribution in [0.15, 0.2) is 24.3 Å². The van der Waals surface area contributed by atoms with E-state index in [-0.39, 0.29) is 0 Å². The predicted molar refractivity (Wildman–Crippen MR) is 70.9 cm³/mol. The van der Waals surface area contributed by atoms with Crippen LogP contribution >= 0.6 is 11.6 Å². The van der Waals surface area contributed by atoms with Crippen LogP contribution in [-0.4, -0.2) is 10.2 Å². The Balaban J connectivity index is 2.37.